The Balaban J connectivity index is 1.78. The summed E-state index contributed by atoms with van der Waals surface area (Å²) in [4.78, 5) is 12.4. The highest BCUT2D eigenvalue weighted by Gasteiger charge is 2.25. The molecular formula is C16H14ClN3O. The van der Waals surface area contributed by atoms with Crippen LogP contribution in [-0.4, -0.2) is 24.0 Å². The number of nitriles is 1. The fourth-order valence-corrected chi connectivity index (χ4v) is 2.61. The van der Waals surface area contributed by atoms with Crippen molar-refractivity contribution < 1.29 is 4.79 Å². The van der Waals surface area contributed by atoms with Crippen molar-refractivity contribution in [1.82, 2.24) is 5.32 Å². The van der Waals surface area contributed by atoms with Gasteiger partial charge in [-0.15, -0.1) is 0 Å². The molecule has 0 aromatic heterocycles. The molecular weight excluding hydrogens is 286 g/mol. The van der Waals surface area contributed by atoms with Crippen LogP contribution in [0.1, 0.15) is 12.0 Å². The lowest BCUT2D eigenvalue weighted by atomic mass is 9.93. The Kier molecular flexibility index (Phi) is 3.44. The molecule has 0 radical (unpaired) electrons. The molecule has 106 valence electrons. The van der Waals surface area contributed by atoms with Crippen LogP contribution in [0.3, 0.4) is 0 Å². The van der Waals surface area contributed by atoms with E-state index in [2.05, 4.69) is 11.4 Å². The van der Waals surface area contributed by atoms with E-state index in [0.29, 0.717) is 19.5 Å². The van der Waals surface area contributed by atoms with E-state index in [4.69, 9.17) is 16.9 Å². The highest BCUT2D eigenvalue weighted by Crippen LogP contribution is 2.31. The normalized spacial score (nSPS) is 24.5. The average Bonchev–Trinajstić information content (AvgIpc) is 2.94. The lowest BCUT2D eigenvalue weighted by Gasteiger charge is -2.18. The second kappa shape index (κ2) is 5.27. The number of nitrogens with zero attached hydrogens (tertiary/aromatic N) is 2. The number of urea groups is 1. The van der Waals surface area contributed by atoms with Gasteiger partial charge in [-0.25, -0.2) is 4.79 Å². The van der Waals surface area contributed by atoms with E-state index in [1.165, 1.54) is 0 Å². The number of halogens is 1. The summed E-state index contributed by atoms with van der Waals surface area (Å²) in [7, 11) is 0. The highest BCUT2D eigenvalue weighted by molar-refractivity contribution is 6.27. The molecule has 0 bridgehead atoms. The van der Waals surface area contributed by atoms with E-state index in [0.717, 1.165) is 16.8 Å². The molecule has 0 saturated carbocycles. The Morgan fingerprint density at radius 1 is 1.33 bits per heavy atom. The largest absolute Gasteiger partial charge is 0.336 e. The molecule has 1 heterocycles. The van der Waals surface area contributed by atoms with Crippen molar-refractivity contribution >= 4 is 28.9 Å². The molecule has 1 atom stereocenters. The molecule has 3 rings (SSSR count). The lowest BCUT2D eigenvalue weighted by Crippen LogP contribution is -2.27. The molecule has 2 amide bonds. The Morgan fingerprint density at radius 2 is 2.10 bits per heavy atom. The predicted octanol–water partition coefficient (Wildman–Crippen LogP) is 3.06. The van der Waals surface area contributed by atoms with Crippen LogP contribution in [0, 0.1) is 11.3 Å². The molecule has 1 fully saturated rings. The fraction of sp³-hybridized carbons (Fsp3) is 0.250. The van der Waals surface area contributed by atoms with Crippen molar-refractivity contribution in [3.05, 3.63) is 48.1 Å². The number of rotatable bonds is 2. The van der Waals surface area contributed by atoms with E-state index < -0.39 is 4.87 Å². The van der Waals surface area contributed by atoms with Crippen molar-refractivity contribution in [2.75, 3.05) is 18.0 Å². The molecule has 1 aromatic rings. The first kappa shape index (κ1) is 13.7. The van der Waals surface area contributed by atoms with Gasteiger partial charge in [0.1, 0.15) is 0 Å². The van der Waals surface area contributed by atoms with Crippen LogP contribution >= 0.6 is 11.6 Å². The minimum Gasteiger partial charge on any atom is -0.336 e. The molecule has 1 N–H and O–H groups in total. The number of carbonyl (C=O) groups is 1. The van der Waals surface area contributed by atoms with Crippen molar-refractivity contribution in [3.8, 4) is 6.07 Å². The molecule has 1 saturated heterocycles. The Labute approximate surface area is 128 Å². The first-order chi connectivity index (χ1) is 10.1. The van der Waals surface area contributed by atoms with Gasteiger partial charge < -0.3 is 5.32 Å². The summed E-state index contributed by atoms with van der Waals surface area (Å²) in [6.07, 6.45) is 6.06. The molecule has 1 aliphatic heterocycles. The number of hydrogen-bond donors (Lipinski definition) is 1. The van der Waals surface area contributed by atoms with Gasteiger partial charge in [-0.05, 0) is 29.3 Å². The summed E-state index contributed by atoms with van der Waals surface area (Å²) in [5.74, 6) is 0. The van der Waals surface area contributed by atoms with Gasteiger partial charge in [-0.3, -0.25) is 4.90 Å². The molecule has 4 nitrogen and oxygen atoms in total. The van der Waals surface area contributed by atoms with Crippen LogP contribution < -0.4 is 10.2 Å². The van der Waals surface area contributed by atoms with Gasteiger partial charge in [-0.1, -0.05) is 35.9 Å². The van der Waals surface area contributed by atoms with Crippen molar-refractivity contribution in [2.45, 2.75) is 11.3 Å². The summed E-state index contributed by atoms with van der Waals surface area (Å²) in [5.41, 5.74) is 2.98. The first-order valence-electron chi connectivity index (χ1n) is 6.77. The summed E-state index contributed by atoms with van der Waals surface area (Å²) >= 11 is 6.10. The maximum atomic E-state index is 11.6. The maximum Gasteiger partial charge on any atom is 0.321 e. The second-order valence-corrected chi connectivity index (χ2v) is 5.78. The Morgan fingerprint density at radius 3 is 2.62 bits per heavy atom. The third-order valence-corrected chi connectivity index (χ3v) is 4.07. The standard InChI is InChI=1S/C16H14ClN3O/c17-16(11-18)7-5-13(6-8-16)12-1-3-14(4-2-12)20-10-9-19-15(20)21/h1-7H,8-10H2,(H,19,21). The van der Waals surface area contributed by atoms with Gasteiger partial charge in [0.25, 0.3) is 0 Å². The van der Waals surface area contributed by atoms with E-state index in [1.807, 2.05) is 36.4 Å². The third-order valence-electron chi connectivity index (χ3n) is 3.70. The molecule has 2 aliphatic rings. The minimum absolute atomic E-state index is 0.0551. The van der Waals surface area contributed by atoms with Gasteiger partial charge in [0, 0.05) is 25.2 Å². The van der Waals surface area contributed by atoms with Gasteiger partial charge in [0.05, 0.1) is 6.07 Å². The second-order valence-electron chi connectivity index (χ2n) is 5.10. The highest BCUT2D eigenvalue weighted by atomic mass is 35.5. The minimum atomic E-state index is -0.920. The van der Waals surface area contributed by atoms with Gasteiger partial charge in [0.15, 0.2) is 4.87 Å². The Hall–Kier alpha value is -2.25. The summed E-state index contributed by atoms with van der Waals surface area (Å²) < 4.78 is 0. The number of carbonyl (C=O) groups excluding carboxylic acids is 1. The number of anilines is 1. The summed E-state index contributed by atoms with van der Waals surface area (Å²) in [5, 5.41) is 11.8. The lowest BCUT2D eigenvalue weighted by molar-refractivity contribution is 0.252. The summed E-state index contributed by atoms with van der Waals surface area (Å²) in [6.45, 7) is 1.37. The van der Waals surface area contributed by atoms with Crippen LogP contribution in [-0.2, 0) is 0 Å². The smallest absolute Gasteiger partial charge is 0.321 e. The van der Waals surface area contributed by atoms with E-state index >= 15 is 0 Å². The zero-order chi connectivity index (χ0) is 14.9. The fourth-order valence-electron chi connectivity index (χ4n) is 2.47. The number of alkyl halides is 1. The van der Waals surface area contributed by atoms with Crippen LogP contribution in [0.5, 0.6) is 0 Å². The average molecular weight is 300 g/mol. The monoisotopic (exact) mass is 299 g/mol. The Bertz CT molecular complexity index is 672. The quantitative estimate of drug-likeness (QED) is 0.853. The van der Waals surface area contributed by atoms with Crippen molar-refractivity contribution in [1.29, 1.82) is 5.26 Å². The van der Waals surface area contributed by atoms with E-state index in [1.54, 1.807) is 11.0 Å². The zero-order valence-electron chi connectivity index (χ0n) is 11.3. The molecule has 0 spiro atoms. The van der Waals surface area contributed by atoms with Crippen molar-refractivity contribution in [3.63, 3.8) is 0 Å². The van der Waals surface area contributed by atoms with Crippen LogP contribution in [0.25, 0.3) is 5.57 Å². The molecule has 1 aromatic carbocycles. The zero-order valence-corrected chi connectivity index (χ0v) is 12.1. The van der Waals surface area contributed by atoms with E-state index in [-0.39, 0.29) is 6.03 Å². The molecule has 21 heavy (non-hydrogen) atoms. The molecule has 1 aliphatic carbocycles. The molecule has 5 heteroatoms. The van der Waals surface area contributed by atoms with Crippen LogP contribution in [0.2, 0.25) is 0 Å². The maximum absolute atomic E-state index is 11.6. The number of allylic oxidation sites excluding steroid dienone is 4. The van der Waals surface area contributed by atoms with Gasteiger partial charge >= 0.3 is 6.03 Å². The molecule has 1 unspecified atom stereocenters. The first-order valence-corrected chi connectivity index (χ1v) is 7.14. The van der Waals surface area contributed by atoms with Crippen LogP contribution in [0.15, 0.2) is 42.5 Å². The third kappa shape index (κ3) is 2.65. The predicted molar refractivity (Wildman–Crippen MR) is 83.1 cm³/mol. The number of amides is 2. The van der Waals surface area contributed by atoms with E-state index in [9.17, 15) is 4.79 Å². The van der Waals surface area contributed by atoms with Crippen LogP contribution in [0.4, 0.5) is 10.5 Å². The topological polar surface area (TPSA) is 56.1 Å². The number of nitrogens with one attached hydrogen (secondary N) is 1. The van der Waals surface area contributed by atoms with Crippen molar-refractivity contribution in [2.24, 2.45) is 0 Å². The summed E-state index contributed by atoms with van der Waals surface area (Å²) in [6, 6.07) is 9.85. The van der Waals surface area contributed by atoms with Gasteiger partial charge in [-0.2, -0.15) is 5.26 Å². The SMILES string of the molecule is N#CC1(Cl)C=CC(c2ccc(N3CCNC3=O)cc2)=CC1. The number of benzene rings is 1. The number of hydrogen-bond acceptors (Lipinski definition) is 2. The van der Waals surface area contributed by atoms with Gasteiger partial charge in [0.2, 0.25) is 0 Å².